The number of fused-ring (bicyclic) bond motifs is 3. The van der Waals surface area contributed by atoms with Gasteiger partial charge in [0.15, 0.2) is 0 Å². The highest BCUT2D eigenvalue weighted by Crippen LogP contribution is 2.46. The summed E-state index contributed by atoms with van der Waals surface area (Å²) in [5.41, 5.74) is 3.81. The van der Waals surface area contributed by atoms with E-state index < -0.39 is 0 Å². The number of hydrogen-bond donors (Lipinski definition) is 2. The number of benzene rings is 2. The van der Waals surface area contributed by atoms with Crippen molar-refractivity contribution >= 4 is 5.69 Å². The number of aliphatic hydroxyl groups is 1. The number of methoxy groups -OCH3 is 1. The number of aliphatic hydroxyl groups excluding tert-OH is 1. The van der Waals surface area contributed by atoms with E-state index >= 15 is 0 Å². The van der Waals surface area contributed by atoms with Gasteiger partial charge in [-0.1, -0.05) is 30.3 Å². The maximum Gasteiger partial charge on any atom is 0.118 e. The second kappa shape index (κ2) is 5.87. The largest absolute Gasteiger partial charge is 0.497 e. The molecule has 2 aliphatic rings. The molecule has 120 valence electrons. The first-order chi connectivity index (χ1) is 11.3. The van der Waals surface area contributed by atoms with Crippen LogP contribution in [0, 0.1) is 0 Å². The average Bonchev–Trinajstić information content (AvgIpc) is 2.60. The Morgan fingerprint density at radius 1 is 1.17 bits per heavy atom. The maximum absolute atomic E-state index is 9.90. The van der Waals surface area contributed by atoms with Crippen LogP contribution in [-0.2, 0) is 6.54 Å². The van der Waals surface area contributed by atoms with Crippen LogP contribution in [0.4, 0.5) is 5.69 Å². The number of rotatable bonds is 4. The molecular weight excluding hydrogens is 288 g/mol. The zero-order valence-corrected chi connectivity index (χ0v) is 13.3. The maximum atomic E-state index is 9.90. The molecule has 0 aromatic heterocycles. The Labute approximate surface area is 136 Å². The average molecular weight is 310 g/mol. The SMILES string of the molecule is COc1ccc(CN2[C@H](CO)[C@H]3c4ccccc4NC[C@H]32)cc1. The lowest BCUT2D eigenvalue weighted by Gasteiger charge is -2.57. The topological polar surface area (TPSA) is 44.7 Å². The molecule has 1 fully saturated rings. The van der Waals surface area contributed by atoms with Gasteiger partial charge in [-0.05, 0) is 29.3 Å². The van der Waals surface area contributed by atoms with Crippen LogP contribution < -0.4 is 10.1 Å². The molecule has 0 radical (unpaired) electrons. The molecule has 2 N–H and O–H groups in total. The monoisotopic (exact) mass is 310 g/mol. The van der Waals surface area contributed by atoms with Crippen LogP contribution >= 0.6 is 0 Å². The van der Waals surface area contributed by atoms with E-state index in [1.165, 1.54) is 16.8 Å². The standard InChI is InChI=1S/C19H22N2O2/c1-23-14-8-6-13(7-9-14)11-21-17-10-20-16-5-3-2-4-15(16)19(17)18(21)12-22/h2-9,17-20,22H,10-12H2,1H3/t17-,18-,19+/m1/s1. The third kappa shape index (κ3) is 2.38. The first-order valence-corrected chi connectivity index (χ1v) is 8.14. The lowest BCUT2D eigenvalue weighted by atomic mass is 9.72. The molecule has 2 aromatic rings. The molecule has 1 saturated heterocycles. The van der Waals surface area contributed by atoms with Crippen molar-refractivity contribution in [3.63, 3.8) is 0 Å². The van der Waals surface area contributed by atoms with Crippen LogP contribution in [0.5, 0.6) is 5.75 Å². The summed E-state index contributed by atoms with van der Waals surface area (Å²) in [6.45, 7) is 2.00. The smallest absolute Gasteiger partial charge is 0.118 e. The van der Waals surface area contributed by atoms with Crippen LogP contribution in [0.25, 0.3) is 0 Å². The Morgan fingerprint density at radius 3 is 2.70 bits per heavy atom. The third-order valence-corrected chi connectivity index (χ3v) is 5.21. The number of anilines is 1. The van der Waals surface area contributed by atoms with Gasteiger partial charge in [0.05, 0.1) is 13.7 Å². The molecule has 23 heavy (non-hydrogen) atoms. The van der Waals surface area contributed by atoms with Crippen molar-refractivity contribution in [2.45, 2.75) is 24.5 Å². The fraction of sp³-hybridized carbons (Fsp3) is 0.368. The second-order valence-electron chi connectivity index (χ2n) is 6.33. The molecule has 0 unspecified atom stereocenters. The van der Waals surface area contributed by atoms with Crippen molar-refractivity contribution in [2.75, 3.05) is 25.6 Å². The Balaban J connectivity index is 1.55. The van der Waals surface area contributed by atoms with E-state index in [4.69, 9.17) is 4.74 Å². The van der Waals surface area contributed by atoms with Gasteiger partial charge in [-0.25, -0.2) is 0 Å². The van der Waals surface area contributed by atoms with E-state index in [0.717, 1.165) is 18.8 Å². The molecule has 4 rings (SSSR count). The zero-order chi connectivity index (χ0) is 15.8. The Morgan fingerprint density at radius 2 is 1.96 bits per heavy atom. The third-order valence-electron chi connectivity index (χ3n) is 5.21. The molecule has 4 nitrogen and oxygen atoms in total. The summed E-state index contributed by atoms with van der Waals surface area (Å²) >= 11 is 0. The van der Waals surface area contributed by atoms with Crippen molar-refractivity contribution < 1.29 is 9.84 Å². The minimum absolute atomic E-state index is 0.199. The van der Waals surface area contributed by atoms with E-state index in [2.05, 4.69) is 46.6 Å². The second-order valence-corrected chi connectivity index (χ2v) is 6.33. The number of hydrogen-bond acceptors (Lipinski definition) is 4. The normalized spacial score (nSPS) is 25.7. The summed E-state index contributed by atoms with van der Waals surface area (Å²) < 4.78 is 5.22. The summed E-state index contributed by atoms with van der Waals surface area (Å²) in [6, 6.07) is 17.3. The summed E-state index contributed by atoms with van der Waals surface area (Å²) in [7, 11) is 1.68. The molecule has 0 spiro atoms. The zero-order valence-electron chi connectivity index (χ0n) is 13.3. The quantitative estimate of drug-likeness (QED) is 0.910. The minimum atomic E-state index is 0.199. The molecule has 4 heteroatoms. The van der Waals surface area contributed by atoms with Gasteiger partial charge in [0, 0.05) is 36.8 Å². The van der Waals surface area contributed by atoms with Gasteiger partial charge >= 0.3 is 0 Å². The van der Waals surface area contributed by atoms with E-state index in [0.29, 0.717) is 12.0 Å². The number of para-hydroxylation sites is 1. The molecule has 2 heterocycles. The first kappa shape index (κ1) is 14.5. The van der Waals surface area contributed by atoms with Gasteiger partial charge in [0.1, 0.15) is 5.75 Å². The fourth-order valence-electron chi connectivity index (χ4n) is 4.03. The summed E-state index contributed by atoms with van der Waals surface area (Å²) in [6.07, 6.45) is 0. The number of likely N-dealkylation sites (tertiary alicyclic amines) is 1. The molecule has 0 amide bonds. The van der Waals surface area contributed by atoms with Gasteiger partial charge < -0.3 is 15.2 Å². The minimum Gasteiger partial charge on any atom is -0.497 e. The van der Waals surface area contributed by atoms with Crippen LogP contribution in [0.15, 0.2) is 48.5 Å². The fourth-order valence-corrected chi connectivity index (χ4v) is 4.03. The van der Waals surface area contributed by atoms with Crippen LogP contribution in [-0.4, -0.2) is 42.4 Å². The van der Waals surface area contributed by atoms with Crippen LogP contribution in [0.1, 0.15) is 17.0 Å². The molecule has 0 aliphatic carbocycles. The number of ether oxygens (including phenoxy) is 1. The highest BCUT2D eigenvalue weighted by molar-refractivity contribution is 5.57. The summed E-state index contributed by atoms with van der Waals surface area (Å²) in [4.78, 5) is 2.41. The molecule has 2 aromatic carbocycles. The highest BCUT2D eigenvalue weighted by Gasteiger charge is 2.50. The molecular formula is C19H22N2O2. The van der Waals surface area contributed by atoms with Crippen molar-refractivity contribution in [2.24, 2.45) is 0 Å². The van der Waals surface area contributed by atoms with Gasteiger partial charge in [0.25, 0.3) is 0 Å². The summed E-state index contributed by atoms with van der Waals surface area (Å²) in [5.74, 6) is 1.30. The van der Waals surface area contributed by atoms with Crippen molar-refractivity contribution in [3.8, 4) is 5.75 Å². The van der Waals surface area contributed by atoms with Crippen LogP contribution in [0.3, 0.4) is 0 Å². The van der Waals surface area contributed by atoms with E-state index in [1.54, 1.807) is 7.11 Å². The van der Waals surface area contributed by atoms with Crippen molar-refractivity contribution in [1.29, 1.82) is 0 Å². The summed E-state index contributed by atoms with van der Waals surface area (Å²) in [5, 5.41) is 13.4. The number of nitrogens with one attached hydrogen (secondary N) is 1. The molecule has 0 bridgehead atoms. The Kier molecular flexibility index (Phi) is 3.71. The van der Waals surface area contributed by atoms with Gasteiger partial charge in [0.2, 0.25) is 0 Å². The van der Waals surface area contributed by atoms with E-state index in [9.17, 15) is 5.11 Å². The van der Waals surface area contributed by atoms with Gasteiger partial charge in [-0.15, -0.1) is 0 Å². The predicted molar refractivity (Wildman–Crippen MR) is 90.9 cm³/mol. The van der Waals surface area contributed by atoms with Crippen molar-refractivity contribution in [1.82, 2.24) is 4.90 Å². The predicted octanol–water partition coefficient (Wildman–Crippen LogP) is 2.45. The Bertz CT molecular complexity index is 686. The Hall–Kier alpha value is -2.04. The van der Waals surface area contributed by atoms with Crippen LogP contribution in [0.2, 0.25) is 0 Å². The number of nitrogens with zero attached hydrogens (tertiary/aromatic N) is 1. The van der Waals surface area contributed by atoms with E-state index in [-0.39, 0.29) is 12.6 Å². The van der Waals surface area contributed by atoms with Crippen molar-refractivity contribution in [3.05, 3.63) is 59.7 Å². The van der Waals surface area contributed by atoms with Gasteiger partial charge in [-0.3, -0.25) is 4.90 Å². The molecule has 3 atom stereocenters. The lowest BCUT2D eigenvalue weighted by molar-refractivity contribution is -0.0459. The lowest BCUT2D eigenvalue weighted by Crippen LogP contribution is -2.66. The molecule has 2 aliphatic heterocycles. The van der Waals surface area contributed by atoms with Gasteiger partial charge in [-0.2, -0.15) is 0 Å². The molecule has 0 saturated carbocycles. The highest BCUT2D eigenvalue weighted by atomic mass is 16.5. The van der Waals surface area contributed by atoms with E-state index in [1.807, 2.05) is 12.1 Å². The first-order valence-electron chi connectivity index (χ1n) is 8.14.